The van der Waals surface area contributed by atoms with Gasteiger partial charge in [-0.15, -0.1) is 0 Å². The van der Waals surface area contributed by atoms with E-state index in [4.69, 9.17) is 0 Å². The van der Waals surface area contributed by atoms with Gasteiger partial charge in [-0.2, -0.15) is 22.0 Å². The number of hydrogen-bond acceptors (Lipinski definition) is 4. The van der Waals surface area contributed by atoms with Crippen molar-refractivity contribution < 1.29 is 31.5 Å². The van der Waals surface area contributed by atoms with Gasteiger partial charge in [-0.3, -0.25) is 0 Å². The Balaban J connectivity index is 2.75. The molecule has 0 aliphatic rings. The Hall–Kier alpha value is -1.25. The molecule has 15 heavy (non-hydrogen) atoms. The molecule has 1 aromatic rings. The van der Waals surface area contributed by atoms with Crippen molar-refractivity contribution in [3.05, 3.63) is 17.1 Å². The Morgan fingerprint density at radius 3 is 2.33 bits per heavy atom. The molecule has 0 saturated heterocycles. The van der Waals surface area contributed by atoms with E-state index >= 15 is 0 Å². The average molecular weight is 247 g/mol. The maximum absolute atomic E-state index is 12.2. The SMILES string of the molecule is O=C(OC(F)(F)C(F)(F)F)c1cnsc1. The van der Waals surface area contributed by atoms with Crippen molar-refractivity contribution in [3.8, 4) is 0 Å². The molecule has 0 aliphatic heterocycles. The third-order valence-corrected chi connectivity index (χ3v) is 1.81. The minimum atomic E-state index is -5.92. The first-order valence-corrected chi connectivity index (χ1v) is 4.15. The highest BCUT2D eigenvalue weighted by Crippen LogP contribution is 2.36. The topological polar surface area (TPSA) is 39.2 Å². The van der Waals surface area contributed by atoms with Crippen LogP contribution in [0.1, 0.15) is 10.4 Å². The summed E-state index contributed by atoms with van der Waals surface area (Å²) < 4.78 is 65.5. The van der Waals surface area contributed by atoms with Crippen molar-refractivity contribution in [1.29, 1.82) is 0 Å². The van der Waals surface area contributed by atoms with E-state index < -0.39 is 23.8 Å². The summed E-state index contributed by atoms with van der Waals surface area (Å²) in [5.41, 5.74) is -0.455. The number of carbonyl (C=O) groups excluding carboxylic acids is 1. The van der Waals surface area contributed by atoms with Gasteiger partial charge >= 0.3 is 18.3 Å². The van der Waals surface area contributed by atoms with Crippen LogP contribution in [0.5, 0.6) is 0 Å². The normalized spacial score (nSPS) is 12.6. The summed E-state index contributed by atoms with van der Waals surface area (Å²) in [7, 11) is 0. The molecule has 0 saturated carbocycles. The smallest absolute Gasteiger partial charge is 0.390 e. The van der Waals surface area contributed by atoms with Crippen molar-refractivity contribution in [3.63, 3.8) is 0 Å². The van der Waals surface area contributed by atoms with E-state index in [1.54, 1.807) is 0 Å². The summed E-state index contributed by atoms with van der Waals surface area (Å²) in [6.45, 7) is 0. The lowest BCUT2D eigenvalue weighted by molar-refractivity contribution is -0.370. The van der Waals surface area contributed by atoms with Gasteiger partial charge in [-0.05, 0) is 11.5 Å². The molecule has 0 N–H and O–H groups in total. The zero-order valence-electron chi connectivity index (χ0n) is 6.72. The quantitative estimate of drug-likeness (QED) is 0.595. The molecule has 0 aromatic carbocycles. The summed E-state index contributed by atoms with van der Waals surface area (Å²) in [6.07, 6.45) is -10.6. The Bertz CT molecular complexity index is 347. The van der Waals surface area contributed by atoms with E-state index in [9.17, 15) is 26.7 Å². The Morgan fingerprint density at radius 2 is 1.93 bits per heavy atom. The molecule has 3 nitrogen and oxygen atoms in total. The summed E-state index contributed by atoms with van der Waals surface area (Å²) in [5, 5.41) is 0.995. The Kier molecular flexibility index (Phi) is 2.93. The van der Waals surface area contributed by atoms with E-state index in [2.05, 4.69) is 9.11 Å². The standard InChI is InChI=1S/C6H2F5NO2S/c7-5(8,9)6(10,11)14-4(13)3-1-12-15-2-3/h1-2H. The van der Waals surface area contributed by atoms with Gasteiger partial charge in [0.1, 0.15) is 0 Å². The number of nitrogens with zero attached hydrogens (tertiary/aromatic N) is 1. The molecule has 0 bridgehead atoms. The van der Waals surface area contributed by atoms with E-state index in [1.807, 2.05) is 0 Å². The summed E-state index contributed by atoms with van der Waals surface area (Å²) in [5.74, 6) is -1.77. The van der Waals surface area contributed by atoms with Crippen LogP contribution in [0.25, 0.3) is 0 Å². The number of alkyl halides is 5. The van der Waals surface area contributed by atoms with E-state index in [0.717, 1.165) is 23.1 Å². The minimum Gasteiger partial charge on any atom is -0.390 e. The fraction of sp³-hybridized carbons (Fsp3) is 0.333. The summed E-state index contributed by atoms with van der Waals surface area (Å²) in [4.78, 5) is 10.7. The van der Waals surface area contributed by atoms with Crippen LogP contribution in [0.4, 0.5) is 22.0 Å². The van der Waals surface area contributed by atoms with Crippen molar-refractivity contribution in [2.24, 2.45) is 0 Å². The number of esters is 1. The molecule has 0 atom stereocenters. The Labute approximate surface area is 83.6 Å². The fourth-order valence-electron chi connectivity index (χ4n) is 0.539. The predicted molar refractivity (Wildman–Crippen MR) is 38.5 cm³/mol. The van der Waals surface area contributed by atoms with E-state index in [1.165, 1.54) is 0 Å². The average Bonchev–Trinajstić information content (AvgIpc) is 2.51. The second-order valence-corrected chi connectivity index (χ2v) is 2.97. The number of hydrogen-bond donors (Lipinski definition) is 0. The second-order valence-electron chi connectivity index (χ2n) is 2.32. The van der Waals surface area contributed by atoms with Gasteiger partial charge in [0, 0.05) is 5.38 Å². The lowest BCUT2D eigenvalue weighted by Crippen LogP contribution is -2.40. The van der Waals surface area contributed by atoms with E-state index in [0.29, 0.717) is 0 Å². The molecule has 0 spiro atoms. The molecule has 1 rings (SSSR count). The van der Waals surface area contributed by atoms with Crippen LogP contribution in [0.2, 0.25) is 0 Å². The molecule has 1 aromatic heterocycles. The lowest BCUT2D eigenvalue weighted by Gasteiger charge is -2.18. The third kappa shape index (κ3) is 2.61. The van der Waals surface area contributed by atoms with Crippen molar-refractivity contribution in [2.75, 3.05) is 0 Å². The van der Waals surface area contributed by atoms with Crippen LogP contribution in [0.3, 0.4) is 0 Å². The minimum absolute atomic E-state index is 0.455. The highest BCUT2D eigenvalue weighted by atomic mass is 32.1. The van der Waals surface area contributed by atoms with Crippen LogP contribution in [0.15, 0.2) is 11.6 Å². The van der Waals surface area contributed by atoms with Crippen LogP contribution >= 0.6 is 11.5 Å². The van der Waals surface area contributed by atoms with Gasteiger partial charge in [-0.25, -0.2) is 9.17 Å². The first-order chi connectivity index (χ1) is 6.74. The first kappa shape index (κ1) is 11.8. The second kappa shape index (κ2) is 3.72. The van der Waals surface area contributed by atoms with E-state index in [-0.39, 0.29) is 0 Å². The highest BCUT2D eigenvalue weighted by Gasteiger charge is 2.62. The highest BCUT2D eigenvalue weighted by molar-refractivity contribution is 7.03. The Morgan fingerprint density at radius 1 is 1.33 bits per heavy atom. The maximum Gasteiger partial charge on any atom is 0.501 e. The van der Waals surface area contributed by atoms with Crippen molar-refractivity contribution in [1.82, 2.24) is 4.37 Å². The molecule has 0 aliphatic carbocycles. The molecular formula is C6H2F5NO2S. The fourth-order valence-corrected chi connectivity index (χ4v) is 1.04. The predicted octanol–water partition coefficient (Wildman–Crippen LogP) is 2.46. The van der Waals surface area contributed by atoms with Gasteiger partial charge in [0.25, 0.3) is 0 Å². The van der Waals surface area contributed by atoms with Gasteiger partial charge in [0.05, 0.1) is 11.8 Å². The molecule has 84 valence electrons. The molecule has 0 fully saturated rings. The monoisotopic (exact) mass is 247 g/mol. The zero-order valence-corrected chi connectivity index (χ0v) is 7.53. The van der Waals surface area contributed by atoms with Crippen molar-refractivity contribution >= 4 is 17.5 Å². The van der Waals surface area contributed by atoms with Crippen LogP contribution in [-0.2, 0) is 4.74 Å². The molecule has 0 unspecified atom stereocenters. The van der Waals surface area contributed by atoms with Gasteiger partial charge in [0.2, 0.25) is 0 Å². The summed E-state index contributed by atoms with van der Waals surface area (Å²) in [6, 6.07) is 0. The number of halogens is 5. The molecule has 0 radical (unpaired) electrons. The van der Waals surface area contributed by atoms with Crippen molar-refractivity contribution in [2.45, 2.75) is 12.3 Å². The van der Waals surface area contributed by atoms with Gasteiger partial charge < -0.3 is 4.74 Å². The number of aromatic nitrogens is 1. The number of carbonyl (C=O) groups is 1. The van der Waals surface area contributed by atoms with Crippen LogP contribution in [-0.4, -0.2) is 22.6 Å². The first-order valence-electron chi connectivity index (χ1n) is 3.31. The van der Waals surface area contributed by atoms with Crippen LogP contribution in [0, 0.1) is 0 Å². The summed E-state index contributed by atoms with van der Waals surface area (Å²) >= 11 is 0.724. The number of rotatable bonds is 2. The molecular weight excluding hydrogens is 245 g/mol. The largest absolute Gasteiger partial charge is 0.501 e. The van der Waals surface area contributed by atoms with Crippen LogP contribution < -0.4 is 0 Å². The number of ether oxygens (including phenoxy) is 1. The lowest BCUT2D eigenvalue weighted by atomic mass is 10.4. The molecule has 1 heterocycles. The van der Waals surface area contributed by atoms with Gasteiger partial charge in [-0.1, -0.05) is 0 Å². The molecule has 0 amide bonds. The third-order valence-electron chi connectivity index (χ3n) is 1.22. The van der Waals surface area contributed by atoms with Gasteiger partial charge in [0.15, 0.2) is 0 Å². The molecule has 9 heteroatoms. The zero-order chi connectivity index (χ0) is 11.7. The maximum atomic E-state index is 12.2.